The Hall–Kier alpha value is -4.22. The minimum Gasteiger partial charge on any atom is -0.474 e. The van der Waals surface area contributed by atoms with E-state index in [1.54, 1.807) is 18.2 Å². The van der Waals surface area contributed by atoms with Crippen LogP contribution in [0.5, 0.6) is 5.88 Å². The molecule has 190 valence electrons. The number of rotatable bonds is 7. The van der Waals surface area contributed by atoms with Crippen molar-refractivity contribution < 1.29 is 32.6 Å². The zero-order valence-corrected chi connectivity index (χ0v) is 19.6. The van der Waals surface area contributed by atoms with Gasteiger partial charge in [-0.3, -0.25) is 4.79 Å². The van der Waals surface area contributed by atoms with E-state index in [4.69, 9.17) is 21.4 Å². The van der Waals surface area contributed by atoms with E-state index in [1.807, 2.05) is 0 Å². The first-order chi connectivity index (χ1) is 17.6. The molecule has 37 heavy (non-hydrogen) atoms. The number of hydrogen-bond donors (Lipinski definition) is 3. The van der Waals surface area contributed by atoms with Crippen LogP contribution >= 0.6 is 11.6 Å². The van der Waals surface area contributed by atoms with Crippen LogP contribution in [0, 0.1) is 0 Å². The molecule has 0 bridgehead atoms. The zero-order chi connectivity index (χ0) is 26.6. The van der Waals surface area contributed by atoms with Crippen LogP contribution in [-0.2, 0) is 6.18 Å². The number of nitrogens with zero attached hydrogens (tertiary/aromatic N) is 2. The maximum atomic E-state index is 13.0. The van der Waals surface area contributed by atoms with Gasteiger partial charge in [-0.25, -0.2) is 14.8 Å². The highest BCUT2D eigenvalue weighted by Gasteiger charge is 2.33. The fourth-order valence-electron chi connectivity index (χ4n) is 3.34. The van der Waals surface area contributed by atoms with Crippen LogP contribution in [0.25, 0.3) is 11.0 Å². The molecular weight excluding hydrogens is 513 g/mol. The summed E-state index contributed by atoms with van der Waals surface area (Å²) in [4.78, 5) is 33.7. The van der Waals surface area contributed by atoms with Crippen molar-refractivity contribution in [3.63, 3.8) is 0 Å². The molecule has 1 aromatic heterocycles. The summed E-state index contributed by atoms with van der Waals surface area (Å²) in [6, 6.07) is 13.0. The van der Waals surface area contributed by atoms with Crippen LogP contribution in [-0.4, -0.2) is 40.1 Å². The van der Waals surface area contributed by atoms with Crippen molar-refractivity contribution in [1.29, 1.82) is 0 Å². The topological polar surface area (TPSA) is 113 Å². The molecule has 4 aromatic rings. The number of aliphatic hydroxyl groups excluding tert-OH is 1. The maximum Gasteiger partial charge on any atom is 0.417 e. The summed E-state index contributed by atoms with van der Waals surface area (Å²) in [6.45, 7) is -0.115. The van der Waals surface area contributed by atoms with Gasteiger partial charge in [0.25, 0.3) is 0 Å². The lowest BCUT2D eigenvalue weighted by atomic mass is 10.0. The number of aromatic nitrogens is 2. The largest absolute Gasteiger partial charge is 0.474 e. The van der Waals surface area contributed by atoms with E-state index in [-0.39, 0.29) is 30.6 Å². The van der Waals surface area contributed by atoms with Crippen LogP contribution < -0.4 is 15.4 Å². The number of carbonyl (C=O) groups excluding carboxylic acids is 2. The fraction of sp³-hybridized carbons (Fsp3) is 0.120. The molecule has 0 unspecified atom stereocenters. The molecule has 0 atom stereocenters. The predicted octanol–water partition coefficient (Wildman–Crippen LogP) is 5.55. The van der Waals surface area contributed by atoms with Crippen LogP contribution in [0.3, 0.4) is 0 Å². The standard InChI is InChI=1S/C25H18ClF3N4O4/c26-19-7-6-17(12-18(19)25(27,28)29)32-24(36)31-16-4-1-14(2-5-16)23(35)15-3-8-20-21(11-15)33-22(13-30-20)37-10-9-34/h1-8,11-13,34H,9-10H2,(H2,31,32,36). The number of carbonyl (C=O) groups is 2. The lowest BCUT2D eigenvalue weighted by Gasteiger charge is -2.12. The Bertz CT molecular complexity index is 1460. The van der Waals surface area contributed by atoms with E-state index < -0.39 is 22.8 Å². The summed E-state index contributed by atoms with van der Waals surface area (Å²) in [5.74, 6) is -0.0877. The van der Waals surface area contributed by atoms with Gasteiger partial charge in [0.15, 0.2) is 5.78 Å². The highest BCUT2D eigenvalue weighted by Crippen LogP contribution is 2.36. The smallest absolute Gasteiger partial charge is 0.417 e. The Morgan fingerprint density at radius 3 is 2.30 bits per heavy atom. The molecule has 12 heteroatoms. The Morgan fingerprint density at radius 2 is 1.59 bits per heavy atom. The number of ketones is 1. The summed E-state index contributed by atoms with van der Waals surface area (Å²) < 4.78 is 44.3. The highest BCUT2D eigenvalue weighted by molar-refractivity contribution is 6.31. The van der Waals surface area contributed by atoms with Crippen molar-refractivity contribution in [2.75, 3.05) is 23.8 Å². The molecule has 0 aliphatic carbocycles. The number of fused-ring (bicyclic) bond motifs is 1. The summed E-state index contributed by atoms with van der Waals surface area (Å²) in [5, 5.41) is 13.2. The van der Waals surface area contributed by atoms with Gasteiger partial charge < -0.3 is 20.5 Å². The predicted molar refractivity (Wildman–Crippen MR) is 131 cm³/mol. The Morgan fingerprint density at radius 1 is 0.919 bits per heavy atom. The van der Waals surface area contributed by atoms with Gasteiger partial charge in [0, 0.05) is 22.5 Å². The summed E-state index contributed by atoms with van der Waals surface area (Å²) in [7, 11) is 0. The number of urea groups is 1. The number of nitrogens with one attached hydrogen (secondary N) is 2. The summed E-state index contributed by atoms with van der Waals surface area (Å²) in [5.41, 5.74) is 0.831. The third-order valence-electron chi connectivity index (χ3n) is 5.06. The number of amides is 2. The molecule has 0 radical (unpaired) electrons. The monoisotopic (exact) mass is 530 g/mol. The number of benzene rings is 3. The molecular formula is C25H18ClF3N4O4. The minimum absolute atomic E-state index is 0.0610. The Balaban J connectivity index is 1.44. The minimum atomic E-state index is -4.67. The number of aliphatic hydroxyl groups is 1. The van der Waals surface area contributed by atoms with Gasteiger partial charge in [-0.2, -0.15) is 13.2 Å². The molecule has 0 saturated heterocycles. The molecule has 2 amide bonds. The molecule has 0 saturated carbocycles. The first-order valence-electron chi connectivity index (χ1n) is 10.7. The third-order valence-corrected chi connectivity index (χ3v) is 5.39. The van der Waals surface area contributed by atoms with E-state index in [2.05, 4.69) is 20.6 Å². The molecule has 3 N–H and O–H groups in total. The number of alkyl halides is 3. The van der Waals surface area contributed by atoms with Crippen LogP contribution in [0.2, 0.25) is 5.02 Å². The second kappa shape index (κ2) is 10.8. The van der Waals surface area contributed by atoms with Crippen LogP contribution in [0.4, 0.5) is 29.3 Å². The van der Waals surface area contributed by atoms with Gasteiger partial charge in [0.05, 0.1) is 34.4 Å². The molecule has 0 spiro atoms. The second-order valence-corrected chi connectivity index (χ2v) is 8.07. The van der Waals surface area contributed by atoms with E-state index in [0.29, 0.717) is 27.8 Å². The van der Waals surface area contributed by atoms with Crippen molar-refractivity contribution in [2.45, 2.75) is 6.18 Å². The lowest BCUT2D eigenvalue weighted by Crippen LogP contribution is -2.20. The van der Waals surface area contributed by atoms with E-state index >= 15 is 0 Å². The van der Waals surface area contributed by atoms with Crippen molar-refractivity contribution in [3.05, 3.63) is 88.6 Å². The van der Waals surface area contributed by atoms with Crippen molar-refractivity contribution >= 4 is 45.8 Å². The molecule has 3 aromatic carbocycles. The van der Waals surface area contributed by atoms with Gasteiger partial charge in [0.1, 0.15) is 6.61 Å². The lowest BCUT2D eigenvalue weighted by molar-refractivity contribution is -0.137. The fourth-order valence-corrected chi connectivity index (χ4v) is 3.57. The van der Waals surface area contributed by atoms with Crippen LogP contribution in [0.15, 0.2) is 66.9 Å². The van der Waals surface area contributed by atoms with Crippen molar-refractivity contribution in [1.82, 2.24) is 9.97 Å². The van der Waals surface area contributed by atoms with E-state index in [9.17, 15) is 22.8 Å². The quantitative estimate of drug-likeness (QED) is 0.270. The molecule has 0 fully saturated rings. The van der Waals surface area contributed by atoms with E-state index in [1.165, 1.54) is 36.5 Å². The van der Waals surface area contributed by atoms with Crippen LogP contribution in [0.1, 0.15) is 21.5 Å². The molecule has 1 heterocycles. The third kappa shape index (κ3) is 6.32. The molecule has 4 rings (SSSR count). The Kier molecular flexibility index (Phi) is 7.55. The number of hydrogen-bond acceptors (Lipinski definition) is 6. The average Bonchev–Trinajstić information content (AvgIpc) is 2.87. The Labute approximate surface area is 213 Å². The van der Waals surface area contributed by atoms with Gasteiger partial charge in [-0.15, -0.1) is 0 Å². The zero-order valence-electron chi connectivity index (χ0n) is 18.8. The summed E-state index contributed by atoms with van der Waals surface area (Å²) in [6.07, 6.45) is -3.25. The highest BCUT2D eigenvalue weighted by atomic mass is 35.5. The van der Waals surface area contributed by atoms with Gasteiger partial charge in [0.2, 0.25) is 5.88 Å². The average molecular weight is 531 g/mol. The SMILES string of the molecule is O=C(Nc1ccc(C(=O)c2ccc3ncc(OCCO)nc3c2)cc1)Nc1ccc(Cl)c(C(F)(F)F)c1. The first kappa shape index (κ1) is 25.9. The van der Waals surface area contributed by atoms with E-state index in [0.717, 1.165) is 12.1 Å². The normalized spacial score (nSPS) is 11.3. The number of halogens is 4. The molecule has 0 aliphatic heterocycles. The van der Waals surface area contributed by atoms with Crippen molar-refractivity contribution in [2.24, 2.45) is 0 Å². The van der Waals surface area contributed by atoms with Crippen molar-refractivity contribution in [3.8, 4) is 5.88 Å². The van der Waals surface area contributed by atoms with Gasteiger partial charge >= 0.3 is 12.2 Å². The molecule has 8 nitrogen and oxygen atoms in total. The molecule has 0 aliphatic rings. The first-order valence-corrected chi connectivity index (χ1v) is 11.1. The summed E-state index contributed by atoms with van der Waals surface area (Å²) >= 11 is 5.59. The number of ether oxygens (including phenoxy) is 1. The second-order valence-electron chi connectivity index (χ2n) is 7.66. The number of anilines is 2. The van der Waals surface area contributed by atoms with Gasteiger partial charge in [-0.1, -0.05) is 11.6 Å². The van der Waals surface area contributed by atoms with Gasteiger partial charge in [-0.05, 0) is 60.7 Å². The maximum absolute atomic E-state index is 13.0.